The van der Waals surface area contributed by atoms with E-state index in [0.29, 0.717) is 30.0 Å². The van der Waals surface area contributed by atoms with Gasteiger partial charge in [-0.3, -0.25) is 4.79 Å². The molecule has 10 atom stereocenters. The molecule has 1 saturated heterocycles. The van der Waals surface area contributed by atoms with E-state index in [9.17, 15) is 44.2 Å². The number of hydrogen-bond acceptors (Lipinski definition) is 10. The Balaban J connectivity index is 1.18. The largest absolute Gasteiger partial charge is 0.504 e. The lowest BCUT2D eigenvalue weighted by Gasteiger charge is -2.43. The summed E-state index contributed by atoms with van der Waals surface area (Å²) in [6, 6.07) is 5.97. The number of benzene rings is 2. The molecule has 46 heavy (non-hydrogen) atoms. The van der Waals surface area contributed by atoms with Crippen molar-refractivity contribution in [1.82, 2.24) is 5.32 Å². The van der Waals surface area contributed by atoms with E-state index in [1.54, 1.807) is 6.92 Å². The Morgan fingerprint density at radius 3 is 2.28 bits per heavy atom. The van der Waals surface area contributed by atoms with Crippen molar-refractivity contribution in [3.63, 3.8) is 0 Å². The molecule has 0 bridgehead atoms. The van der Waals surface area contributed by atoms with Gasteiger partial charge in [0.05, 0.1) is 18.2 Å². The van der Waals surface area contributed by atoms with Gasteiger partial charge in [0.15, 0.2) is 11.5 Å². The molecule has 1 aliphatic heterocycles. The predicted octanol–water partition coefficient (Wildman–Crippen LogP) is 1.92. The van der Waals surface area contributed by atoms with E-state index in [4.69, 9.17) is 14.2 Å². The fraction of sp³-hybridized carbons (Fsp3) is 0.485. The number of amides is 1. The van der Waals surface area contributed by atoms with Gasteiger partial charge in [-0.2, -0.15) is 0 Å². The number of rotatable bonds is 9. The molecule has 2 aliphatic carbocycles. The SMILES string of the molecule is C/C(=C\c1ccc(O[C@@H]2O[C@H](/C(C)=C/COc3cc(F)cc(F)c3)[C@@H](O)[C@@H]2O)c(O)c1)C(=O)N[C@@H]1[C@H](O)[C@@H](O)[C@H]2CCC[C@H]2[C@@H]1O. The molecule has 250 valence electrons. The second-order valence-corrected chi connectivity index (χ2v) is 12.2. The quantitative estimate of drug-likeness (QED) is 0.157. The summed E-state index contributed by atoms with van der Waals surface area (Å²) in [5, 5.41) is 66.2. The van der Waals surface area contributed by atoms with Crippen LogP contribution in [0, 0.1) is 23.5 Å². The maximum atomic E-state index is 13.4. The number of nitrogens with one attached hydrogen (secondary N) is 1. The Labute approximate surface area is 264 Å². The summed E-state index contributed by atoms with van der Waals surface area (Å²) in [6.45, 7) is 3.04. The van der Waals surface area contributed by atoms with Crippen LogP contribution >= 0.6 is 0 Å². The lowest BCUT2D eigenvalue weighted by molar-refractivity contribution is -0.139. The van der Waals surface area contributed by atoms with E-state index in [2.05, 4.69) is 5.32 Å². The van der Waals surface area contributed by atoms with Crippen LogP contribution in [0.25, 0.3) is 6.08 Å². The maximum absolute atomic E-state index is 13.4. The smallest absolute Gasteiger partial charge is 0.247 e. The molecule has 1 amide bonds. The summed E-state index contributed by atoms with van der Waals surface area (Å²) in [6.07, 6.45) is -3.32. The molecule has 2 aromatic carbocycles. The van der Waals surface area contributed by atoms with Crippen molar-refractivity contribution in [2.75, 3.05) is 6.61 Å². The molecular weight excluding hydrogens is 608 g/mol. The van der Waals surface area contributed by atoms with E-state index in [1.165, 1.54) is 37.3 Å². The van der Waals surface area contributed by atoms with Gasteiger partial charge in [-0.25, -0.2) is 8.78 Å². The molecule has 5 rings (SSSR count). The minimum atomic E-state index is -1.49. The van der Waals surface area contributed by atoms with Gasteiger partial charge >= 0.3 is 0 Å². The average Bonchev–Trinajstić information content (AvgIpc) is 3.60. The van der Waals surface area contributed by atoms with Crippen LogP contribution in [0.15, 0.2) is 53.6 Å². The Kier molecular flexibility index (Phi) is 10.3. The standard InChI is InChI=1S/C33H39F2NO10/c1-15(8-9-44-20-13-18(34)12-19(35)14-20)31-29(41)30(42)33(46-31)45-24-7-6-17(11-23(24)37)10-16(2)32(43)36-25-26(38)21-4-3-5-22(21)27(39)28(25)40/h6-8,10-14,21-22,25-31,33,37-42H,3-5,9H2,1-2H3,(H,36,43)/b15-8+,16-10+/t21-,22+,25+,26+,27+,28+,29+,30+,31-,33-/m1/s1. The average molecular weight is 648 g/mol. The van der Waals surface area contributed by atoms with E-state index in [-0.39, 0.29) is 41.3 Å². The van der Waals surface area contributed by atoms with Gasteiger partial charge in [-0.15, -0.1) is 0 Å². The zero-order valence-electron chi connectivity index (χ0n) is 25.3. The predicted molar refractivity (Wildman–Crippen MR) is 159 cm³/mol. The number of phenols is 1. The number of halogens is 2. The summed E-state index contributed by atoms with van der Waals surface area (Å²) in [4.78, 5) is 12.9. The molecule has 11 nitrogen and oxygen atoms in total. The molecule has 3 aliphatic rings. The molecule has 0 unspecified atom stereocenters. The highest BCUT2D eigenvalue weighted by molar-refractivity contribution is 5.97. The monoisotopic (exact) mass is 647 g/mol. The number of aliphatic hydroxyl groups excluding tert-OH is 5. The van der Waals surface area contributed by atoms with Crippen molar-refractivity contribution in [3.8, 4) is 17.2 Å². The van der Waals surface area contributed by atoms with Crippen molar-refractivity contribution in [2.24, 2.45) is 11.8 Å². The topological polar surface area (TPSA) is 178 Å². The van der Waals surface area contributed by atoms with Crippen LogP contribution in [0.5, 0.6) is 17.2 Å². The number of carbonyl (C=O) groups excluding carboxylic acids is 1. The molecule has 7 N–H and O–H groups in total. The lowest BCUT2D eigenvalue weighted by atomic mass is 9.73. The van der Waals surface area contributed by atoms with Gasteiger partial charge in [0.1, 0.15) is 48.4 Å². The second kappa shape index (κ2) is 14.0. The van der Waals surface area contributed by atoms with Crippen LogP contribution in [-0.4, -0.2) is 92.1 Å². The van der Waals surface area contributed by atoms with E-state index in [0.717, 1.165) is 18.6 Å². The summed E-state index contributed by atoms with van der Waals surface area (Å²) in [7, 11) is 0. The fourth-order valence-electron chi connectivity index (χ4n) is 6.52. The Morgan fingerprint density at radius 2 is 1.61 bits per heavy atom. The molecule has 0 spiro atoms. The van der Waals surface area contributed by atoms with Crippen LogP contribution in [0.2, 0.25) is 0 Å². The number of aromatic hydroxyl groups is 1. The van der Waals surface area contributed by atoms with Gasteiger partial charge in [-0.05, 0) is 73.9 Å². The van der Waals surface area contributed by atoms with Gasteiger partial charge in [0, 0.05) is 23.8 Å². The zero-order valence-corrected chi connectivity index (χ0v) is 25.3. The summed E-state index contributed by atoms with van der Waals surface area (Å²) < 4.78 is 43.4. The highest BCUT2D eigenvalue weighted by Crippen LogP contribution is 2.43. The van der Waals surface area contributed by atoms with Crippen LogP contribution in [-0.2, 0) is 9.53 Å². The summed E-state index contributed by atoms with van der Waals surface area (Å²) in [5.74, 6) is -2.99. The third kappa shape index (κ3) is 7.19. The minimum absolute atomic E-state index is 0.0241. The molecule has 0 aromatic heterocycles. The number of ether oxygens (including phenoxy) is 3. The first-order chi connectivity index (χ1) is 21.8. The molecular formula is C33H39F2NO10. The third-order valence-corrected chi connectivity index (χ3v) is 9.01. The Morgan fingerprint density at radius 1 is 0.935 bits per heavy atom. The van der Waals surface area contributed by atoms with Crippen LogP contribution in [0.4, 0.5) is 8.78 Å². The van der Waals surface area contributed by atoms with E-state index in [1.807, 2.05) is 0 Å². The van der Waals surface area contributed by atoms with Crippen LogP contribution in [0.3, 0.4) is 0 Å². The molecule has 2 saturated carbocycles. The fourth-order valence-corrected chi connectivity index (χ4v) is 6.52. The molecule has 13 heteroatoms. The number of aliphatic hydroxyl groups is 5. The molecule has 3 fully saturated rings. The van der Waals surface area contributed by atoms with Crippen molar-refractivity contribution in [2.45, 2.75) is 82.1 Å². The van der Waals surface area contributed by atoms with Gasteiger partial charge in [-0.1, -0.05) is 12.5 Å². The third-order valence-electron chi connectivity index (χ3n) is 9.01. The molecule has 1 heterocycles. The number of carbonyl (C=O) groups is 1. The number of hydrogen-bond donors (Lipinski definition) is 7. The van der Waals surface area contributed by atoms with E-state index >= 15 is 0 Å². The number of phenolic OH excluding ortho intramolecular Hbond substituents is 1. The Hall–Kier alpha value is -3.59. The zero-order chi connectivity index (χ0) is 33.3. The minimum Gasteiger partial charge on any atom is -0.504 e. The number of fused-ring (bicyclic) bond motifs is 1. The van der Waals surface area contributed by atoms with Crippen LogP contribution < -0.4 is 14.8 Å². The van der Waals surface area contributed by atoms with Crippen molar-refractivity contribution in [1.29, 1.82) is 0 Å². The summed E-state index contributed by atoms with van der Waals surface area (Å²) in [5.41, 5.74) is 1.09. The second-order valence-electron chi connectivity index (χ2n) is 12.2. The van der Waals surface area contributed by atoms with Crippen LogP contribution in [0.1, 0.15) is 38.7 Å². The first-order valence-electron chi connectivity index (χ1n) is 15.1. The first kappa shape index (κ1) is 33.8. The lowest BCUT2D eigenvalue weighted by Crippen LogP contribution is -2.63. The summed E-state index contributed by atoms with van der Waals surface area (Å²) >= 11 is 0. The highest BCUT2D eigenvalue weighted by Gasteiger charge is 2.51. The highest BCUT2D eigenvalue weighted by atomic mass is 19.1. The van der Waals surface area contributed by atoms with Gasteiger partial charge < -0.3 is 50.2 Å². The van der Waals surface area contributed by atoms with Gasteiger partial charge in [0.25, 0.3) is 0 Å². The van der Waals surface area contributed by atoms with E-state index < -0.39 is 66.5 Å². The first-order valence-corrected chi connectivity index (χ1v) is 15.1. The normalized spacial score (nSPS) is 33.1. The van der Waals surface area contributed by atoms with Crippen molar-refractivity contribution < 1.29 is 58.4 Å². The molecule has 2 aromatic rings. The van der Waals surface area contributed by atoms with Crippen molar-refractivity contribution in [3.05, 3.63) is 70.8 Å². The van der Waals surface area contributed by atoms with Gasteiger partial charge in [0.2, 0.25) is 12.2 Å². The molecule has 0 radical (unpaired) electrons. The maximum Gasteiger partial charge on any atom is 0.247 e. The van der Waals surface area contributed by atoms with Crippen molar-refractivity contribution >= 4 is 12.0 Å². The Bertz CT molecular complexity index is 1460.